The first kappa shape index (κ1) is 22.8. The van der Waals surface area contributed by atoms with Crippen molar-refractivity contribution in [2.24, 2.45) is 0 Å². The average molecular weight is 484 g/mol. The van der Waals surface area contributed by atoms with Crippen molar-refractivity contribution >= 4 is 52.1 Å². The van der Waals surface area contributed by atoms with Crippen LogP contribution >= 0.6 is 24.0 Å². The molecule has 3 amide bonds. The Morgan fingerprint density at radius 1 is 1.12 bits per heavy atom. The lowest BCUT2D eigenvalue weighted by Gasteiger charge is -2.14. The summed E-state index contributed by atoms with van der Waals surface area (Å²) in [7, 11) is 0. The third-order valence-electron chi connectivity index (χ3n) is 4.98. The van der Waals surface area contributed by atoms with Crippen LogP contribution in [0.25, 0.3) is 6.08 Å². The number of hydrogen-bond acceptors (Lipinski definition) is 7. The molecule has 4 rings (SSSR count). The molecule has 1 saturated heterocycles. The number of rotatable bonds is 6. The molecule has 1 fully saturated rings. The highest BCUT2D eigenvalue weighted by Crippen LogP contribution is 2.36. The number of carbonyl (C=O) groups is 3. The number of aryl methyl sites for hydroxylation is 1. The largest absolute Gasteiger partial charge is 0.454 e. The molecule has 0 aromatic heterocycles. The number of ether oxygens (including phenoxy) is 2. The van der Waals surface area contributed by atoms with Gasteiger partial charge in [-0.1, -0.05) is 47.7 Å². The summed E-state index contributed by atoms with van der Waals surface area (Å²) in [6.07, 6.45) is 2.29. The SMILES string of the molecule is Cc1ccc(C(=O)NNC(=O)CCCN2C(=O)/C(=C/c3ccc4c(c3)OCO4)SC2=S)cc1. The van der Waals surface area contributed by atoms with Gasteiger partial charge < -0.3 is 9.47 Å². The molecule has 0 radical (unpaired) electrons. The van der Waals surface area contributed by atoms with E-state index in [4.69, 9.17) is 21.7 Å². The smallest absolute Gasteiger partial charge is 0.269 e. The number of carbonyl (C=O) groups excluding carboxylic acids is 3. The molecular formula is C23H21N3O5S2. The van der Waals surface area contributed by atoms with Gasteiger partial charge in [0.25, 0.3) is 11.8 Å². The van der Waals surface area contributed by atoms with Crippen molar-refractivity contribution in [1.29, 1.82) is 0 Å². The number of fused-ring (bicyclic) bond motifs is 1. The minimum atomic E-state index is -0.394. The van der Waals surface area contributed by atoms with Gasteiger partial charge in [-0.3, -0.25) is 30.1 Å². The lowest BCUT2D eigenvalue weighted by molar-refractivity contribution is -0.124. The molecule has 0 spiro atoms. The zero-order valence-electron chi connectivity index (χ0n) is 17.8. The van der Waals surface area contributed by atoms with E-state index < -0.39 is 5.91 Å². The van der Waals surface area contributed by atoms with E-state index in [9.17, 15) is 14.4 Å². The van der Waals surface area contributed by atoms with Crippen molar-refractivity contribution in [3.63, 3.8) is 0 Å². The van der Waals surface area contributed by atoms with Gasteiger partial charge >= 0.3 is 0 Å². The second-order valence-corrected chi connectivity index (χ2v) is 9.09. The van der Waals surface area contributed by atoms with Crippen LogP contribution in [0, 0.1) is 6.92 Å². The van der Waals surface area contributed by atoms with E-state index in [1.54, 1.807) is 24.3 Å². The molecule has 0 saturated carbocycles. The maximum absolute atomic E-state index is 12.8. The van der Waals surface area contributed by atoms with E-state index in [2.05, 4.69) is 10.9 Å². The maximum Gasteiger partial charge on any atom is 0.269 e. The van der Waals surface area contributed by atoms with Crippen LogP contribution in [0.2, 0.25) is 0 Å². The predicted molar refractivity (Wildman–Crippen MR) is 128 cm³/mol. The fraction of sp³-hybridized carbons (Fsp3) is 0.217. The molecular weight excluding hydrogens is 462 g/mol. The number of benzene rings is 2. The molecule has 2 aromatic rings. The summed E-state index contributed by atoms with van der Waals surface area (Å²) >= 11 is 6.56. The third kappa shape index (κ3) is 5.52. The standard InChI is InChI=1S/C23H21N3O5S2/c1-14-4-7-16(8-5-14)21(28)25-24-20(27)3-2-10-26-22(29)19(33-23(26)32)12-15-6-9-17-18(11-15)31-13-30-17/h4-9,11-12H,2-3,10,13H2,1H3,(H,24,27)(H,25,28)/b19-12-. The Morgan fingerprint density at radius 3 is 2.67 bits per heavy atom. The Labute approximate surface area is 200 Å². The molecule has 8 nitrogen and oxygen atoms in total. The number of nitrogens with zero attached hydrogens (tertiary/aromatic N) is 1. The van der Waals surface area contributed by atoms with Gasteiger partial charge in [0.1, 0.15) is 4.32 Å². The van der Waals surface area contributed by atoms with Crippen LogP contribution < -0.4 is 20.3 Å². The van der Waals surface area contributed by atoms with Crippen LogP contribution in [-0.2, 0) is 9.59 Å². The maximum atomic E-state index is 12.8. The van der Waals surface area contributed by atoms with E-state index in [1.165, 1.54) is 16.7 Å². The lowest BCUT2D eigenvalue weighted by Crippen LogP contribution is -2.41. The Kier molecular flexibility index (Phi) is 6.95. The van der Waals surface area contributed by atoms with Crippen molar-refractivity contribution in [3.8, 4) is 11.5 Å². The summed E-state index contributed by atoms with van der Waals surface area (Å²) in [4.78, 5) is 38.9. The summed E-state index contributed by atoms with van der Waals surface area (Å²) in [5.74, 6) is 0.370. The van der Waals surface area contributed by atoms with Crippen LogP contribution in [0.4, 0.5) is 0 Å². The van der Waals surface area contributed by atoms with Gasteiger partial charge in [0.2, 0.25) is 12.7 Å². The molecule has 170 valence electrons. The second kappa shape index (κ2) is 10.1. The van der Waals surface area contributed by atoms with Crippen LogP contribution in [0.1, 0.15) is 34.3 Å². The lowest BCUT2D eigenvalue weighted by atomic mass is 10.1. The number of hydrazine groups is 1. The van der Waals surface area contributed by atoms with Crippen LogP contribution in [0.15, 0.2) is 47.4 Å². The molecule has 0 atom stereocenters. The number of amides is 3. The third-order valence-corrected chi connectivity index (χ3v) is 6.36. The average Bonchev–Trinajstić information content (AvgIpc) is 3.37. The zero-order valence-corrected chi connectivity index (χ0v) is 19.4. The van der Waals surface area contributed by atoms with Crippen molar-refractivity contribution in [3.05, 3.63) is 64.1 Å². The fourth-order valence-electron chi connectivity index (χ4n) is 3.21. The van der Waals surface area contributed by atoms with E-state index >= 15 is 0 Å². The first-order valence-corrected chi connectivity index (χ1v) is 11.4. The summed E-state index contributed by atoms with van der Waals surface area (Å²) in [5.41, 5.74) is 7.08. The van der Waals surface area contributed by atoms with Crippen LogP contribution in [-0.4, -0.2) is 40.3 Å². The van der Waals surface area contributed by atoms with Gasteiger partial charge in [-0.05, 0) is 49.2 Å². The molecule has 0 aliphatic carbocycles. The van der Waals surface area contributed by atoms with Crippen LogP contribution in [0.3, 0.4) is 0 Å². The first-order chi connectivity index (χ1) is 15.9. The quantitative estimate of drug-likeness (QED) is 0.370. The topological polar surface area (TPSA) is 97.0 Å². The van der Waals surface area contributed by atoms with E-state index in [-0.39, 0.29) is 25.0 Å². The summed E-state index contributed by atoms with van der Waals surface area (Å²) in [6.45, 7) is 2.42. The molecule has 0 unspecified atom stereocenters. The molecule has 0 bridgehead atoms. The fourth-order valence-corrected chi connectivity index (χ4v) is 4.52. The van der Waals surface area contributed by atoms with Gasteiger partial charge in [-0.2, -0.15) is 0 Å². The van der Waals surface area contributed by atoms with E-state index in [1.807, 2.05) is 31.2 Å². The number of thiocarbonyl (C=S) groups is 1. The van der Waals surface area contributed by atoms with Crippen molar-refractivity contribution in [2.75, 3.05) is 13.3 Å². The summed E-state index contributed by atoms with van der Waals surface area (Å²) in [5, 5.41) is 0. The van der Waals surface area contributed by atoms with Crippen molar-refractivity contribution in [1.82, 2.24) is 15.8 Å². The van der Waals surface area contributed by atoms with Gasteiger partial charge in [-0.25, -0.2) is 0 Å². The molecule has 2 aromatic carbocycles. The highest BCUT2D eigenvalue weighted by atomic mass is 32.2. The summed E-state index contributed by atoms with van der Waals surface area (Å²) < 4.78 is 11.1. The number of thioether (sulfide) groups is 1. The van der Waals surface area contributed by atoms with Gasteiger partial charge in [-0.15, -0.1) is 0 Å². The minimum Gasteiger partial charge on any atom is -0.454 e. The van der Waals surface area contributed by atoms with Crippen molar-refractivity contribution < 1.29 is 23.9 Å². The van der Waals surface area contributed by atoms with Gasteiger partial charge in [0.05, 0.1) is 4.91 Å². The number of hydrogen-bond donors (Lipinski definition) is 2. The molecule has 33 heavy (non-hydrogen) atoms. The second-order valence-electron chi connectivity index (χ2n) is 7.42. The van der Waals surface area contributed by atoms with Crippen molar-refractivity contribution in [2.45, 2.75) is 19.8 Å². The highest BCUT2D eigenvalue weighted by molar-refractivity contribution is 8.26. The van der Waals surface area contributed by atoms with E-state index in [0.717, 1.165) is 11.1 Å². The summed E-state index contributed by atoms with van der Waals surface area (Å²) in [6, 6.07) is 12.5. The minimum absolute atomic E-state index is 0.131. The predicted octanol–water partition coefficient (Wildman–Crippen LogP) is 3.17. The van der Waals surface area contributed by atoms with Gasteiger partial charge in [0.15, 0.2) is 11.5 Å². The Bertz CT molecular complexity index is 1150. The first-order valence-electron chi connectivity index (χ1n) is 10.2. The van der Waals surface area contributed by atoms with E-state index in [0.29, 0.717) is 39.3 Å². The van der Waals surface area contributed by atoms with Gasteiger partial charge in [0, 0.05) is 18.5 Å². The molecule has 2 aliphatic rings. The molecule has 2 heterocycles. The number of nitrogens with one attached hydrogen (secondary N) is 2. The Hall–Kier alpha value is -3.37. The molecule has 10 heteroatoms. The van der Waals surface area contributed by atoms with Crippen LogP contribution in [0.5, 0.6) is 11.5 Å². The molecule has 2 N–H and O–H groups in total. The zero-order chi connectivity index (χ0) is 23.4. The highest BCUT2D eigenvalue weighted by Gasteiger charge is 2.31. The monoisotopic (exact) mass is 483 g/mol. The Morgan fingerprint density at radius 2 is 1.88 bits per heavy atom. The molecule has 2 aliphatic heterocycles. The normalized spacial score (nSPS) is 15.8. The Balaban J connectivity index is 1.25.